The van der Waals surface area contributed by atoms with Gasteiger partial charge < -0.3 is 10.1 Å². The minimum absolute atomic E-state index is 0.171. The fourth-order valence-electron chi connectivity index (χ4n) is 3.47. The van der Waals surface area contributed by atoms with Crippen LogP contribution in [0.2, 0.25) is 5.02 Å². The summed E-state index contributed by atoms with van der Waals surface area (Å²) < 4.78 is 7.12. The fourth-order valence-corrected chi connectivity index (χ4v) is 4.47. The molecule has 1 N–H and O–H groups in total. The van der Waals surface area contributed by atoms with E-state index < -0.39 is 0 Å². The number of methoxy groups -OCH3 is 1. The van der Waals surface area contributed by atoms with Crippen LogP contribution < -0.4 is 10.1 Å². The predicted molar refractivity (Wildman–Crippen MR) is 129 cm³/mol. The van der Waals surface area contributed by atoms with E-state index in [-0.39, 0.29) is 12.3 Å². The van der Waals surface area contributed by atoms with Gasteiger partial charge in [-0.05, 0) is 39.0 Å². The van der Waals surface area contributed by atoms with Crippen LogP contribution in [-0.2, 0) is 11.2 Å². The summed E-state index contributed by atoms with van der Waals surface area (Å²) in [5.74, 6) is 0.383. The monoisotopic (exact) mass is 466 g/mol. The highest BCUT2D eigenvalue weighted by Gasteiger charge is 2.19. The lowest BCUT2D eigenvalue weighted by molar-refractivity contribution is -0.115. The lowest BCUT2D eigenvalue weighted by Crippen LogP contribution is -2.16. The maximum absolute atomic E-state index is 12.8. The topological polar surface area (TPSA) is 69.0 Å². The number of nitrogens with zero attached hydrogens (tertiary/aromatic N) is 3. The summed E-state index contributed by atoms with van der Waals surface area (Å²) in [7, 11) is 1.55. The maximum Gasteiger partial charge on any atom is 0.229 e. The normalized spacial score (nSPS) is 10.9. The number of carbonyl (C=O) groups is 1. The molecule has 0 aliphatic heterocycles. The third kappa shape index (κ3) is 4.54. The highest BCUT2D eigenvalue weighted by molar-refractivity contribution is 7.12. The molecule has 2 aromatic carbocycles. The quantitative estimate of drug-likeness (QED) is 0.392. The van der Waals surface area contributed by atoms with Gasteiger partial charge in [0.05, 0.1) is 30.6 Å². The number of hydrogen-bond donors (Lipinski definition) is 1. The summed E-state index contributed by atoms with van der Waals surface area (Å²) in [5, 5.41) is 10.8. The van der Waals surface area contributed by atoms with Gasteiger partial charge in [0, 0.05) is 27.2 Å². The van der Waals surface area contributed by atoms with Crippen molar-refractivity contribution in [3.05, 3.63) is 75.4 Å². The summed E-state index contributed by atoms with van der Waals surface area (Å²) in [5.41, 5.74) is 6.27. The molecule has 0 radical (unpaired) electrons. The average Bonchev–Trinajstić information content (AvgIpc) is 3.35. The van der Waals surface area contributed by atoms with Crippen molar-refractivity contribution < 1.29 is 9.53 Å². The molecule has 1 amide bonds. The second-order valence-corrected chi connectivity index (χ2v) is 8.79. The van der Waals surface area contributed by atoms with Gasteiger partial charge in [0.1, 0.15) is 5.75 Å². The van der Waals surface area contributed by atoms with Crippen molar-refractivity contribution in [3.63, 3.8) is 0 Å². The molecule has 0 atom stereocenters. The molecule has 6 nitrogen and oxygen atoms in total. The van der Waals surface area contributed by atoms with Crippen molar-refractivity contribution in [1.82, 2.24) is 14.8 Å². The Hall–Kier alpha value is -3.16. The van der Waals surface area contributed by atoms with Gasteiger partial charge >= 0.3 is 0 Å². The molecule has 2 heterocycles. The summed E-state index contributed by atoms with van der Waals surface area (Å²) in [6.07, 6.45) is 0.184. The first-order valence-corrected chi connectivity index (χ1v) is 11.3. The Kier molecular flexibility index (Phi) is 6.30. The smallest absolute Gasteiger partial charge is 0.229 e. The van der Waals surface area contributed by atoms with E-state index in [0.717, 1.165) is 33.3 Å². The minimum Gasteiger partial charge on any atom is -0.495 e. The first kappa shape index (κ1) is 22.0. The van der Waals surface area contributed by atoms with Crippen molar-refractivity contribution in [1.29, 1.82) is 0 Å². The Morgan fingerprint density at radius 3 is 2.62 bits per heavy atom. The molecule has 32 heavy (non-hydrogen) atoms. The van der Waals surface area contributed by atoms with Gasteiger partial charge in [0.25, 0.3) is 0 Å². The number of carbonyl (C=O) groups excluding carboxylic acids is 1. The Morgan fingerprint density at radius 2 is 1.91 bits per heavy atom. The molecule has 4 aromatic rings. The van der Waals surface area contributed by atoms with Gasteiger partial charge in [0.15, 0.2) is 0 Å². The van der Waals surface area contributed by atoms with Gasteiger partial charge in [-0.3, -0.25) is 4.79 Å². The van der Waals surface area contributed by atoms with E-state index in [0.29, 0.717) is 16.5 Å². The third-order valence-electron chi connectivity index (χ3n) is 5.23. The molecule has 4 rings (SSSR count). The van der Waals surface area contributed by atoms with Crippen LogP contribution in [-0.4, -0.2) is 27.8 Å². The number of benzene rings is 2. The maximum atomic E-state index is 12.8. The fraction of sp³-hybridized carbons (Fsp3) is 0.208. The van der Waals surface area contributed by atoms with Crippen molar-refractivity contribution >= 4 is 34.5 Å². The second kappa shape index (κ2) is 9.14. The van der Waals surface area contributed by atoms with Gasteiger partial charge in [-0.15, -0.1) is 11.3 Å². The van der Waals surface area contributed by atoms with Gasteiger partial charge in [-0.25, -0.2) is 9.67 Å². The molecule has 0 bridgehead atoms. The number of anilines is 1. The van der Waals surface area contributed by atoms with E-state index in [1.165, 1.54) is 16.9 Å². The summed E-state index contributed by atoms with van der Waals surface area (Å²) >= 11 is 7.59. The predicted octanol–water partition coefficient (Wildman–Crippen LogP) is 5.76. The Morgan fingerprint density at radius 1 is 1.16 bits per heavy atom. The molecule has 0 spiro atoms. The number of ether oxygens (including phenoxy) is 1. The number of aromatic nitrogens is 3. The Balaban J connectivity index is 1.55. The van der Waals surface area contributed by atoms with Crippen molar-refractivity contribution in [3.8, 4) is 22.1 Å². The number of amides is 1. The van der Waals surface area contributed by atoms with Crippen LogP contribution in [0.3, 0.4) is 0 Å². The van der Waals surface area contributed by atoms with Crippen molar-refractivity contribution in [2.24, 2.45) is 0 Å². The van der Waals surface area contributed by atoms with Crippen LogP contribution in [0.1, 0.15) is 22.5 Å². The van der Waals surface area contributed by atoms with Gasteiger partial charge in [0.2, 0.25) is 11.0 Å². The number of halogens is 1. The highest BCUT2D eigenvalue weighted by atomic mass is 35.5. The summed E-state index contributed by atoms with van der Waals surface area (Å²) in [6.45, 7) is 5.92. The molecular weight excluding hydrogens is 444 g/mol. The Bertz CT molecular complexity index is 1280. The molecule has 164 valence electrons. The van der Waals surface area contributed by atoms with E-state index in [1.807, 2.05) is 19.2 Å². The largest absolute Gasteiger partial charge is 0.495 e. The lowest BCUT2D eigenvalue weighted by Gasteiger charge is -2.10. The standard InChI is InChI=1S/C24H23ClN4O2S/c1-14-5-7-17(8-6-14)21-13-32-24(27-21)29-16(3)19(15(2)28-29)12-23(30)26-20-11-18(25)9-10-22(20)31-4/h5-11,13H,12H2,1-4H3,(H,26,30). The molecule has 0 unspecified atom stereocenters. The van der Waals surface area contributed by atoms with Gasteiger partial charge in [-0.1, -0.05) is 41.4 Å². The zero-order chi connectivity index (χ0) is 22.8. The zero-order valence-electron chi connectivity index (χ0n) is 18.3. The van der Waals surface area contributed by atoms with Crippen LogP contribution in [0.25, 0.3) is 16.4 Å². The Labute approximate surface area is 195 Å². The van der Waals surface area contributed by atoms with Crippen molar-refractivity contribution in [2.75, 3.05) is 12.4 Å². The van der Waals surface area contributed by atoms with Crippen LogP contribution in [0.15, 0.2) is 47.8 Å². The molecular formula is C24H23ClN4O2S. The molecule has 0 aliphatic rings. The van der Waals surface area contributed by atoms with Gasteiger partial charge in [-0.2, -0.15) is 5.10 Å². The first-order valence-electron chi connectivity index (χ1n) is 10.1. The number of nitrogens with one attached hydrogen (secondary N) is 1. The van der Waals surface area contributed by atoms with Crippen molar-refractivity contribution in [2.45, 2.75) is 27.2 Å². The summed E-state index contributed by atoms with van der Waals surface area (Å²) in [6, 6.07) is 13.4. The second-order valence-electron chi connectivity index (χ2n) is 7.51. The molecule has 0 fully saturated rings. The highest BCUT2D eigenvalue weighted by Crippen LogP contribution is 2.29. The van der Waals surface area contributed by atoms with E-state index >= 15 is 0 Å². The molecule has 0 saturated heterocycles. The molecule has 0 saturated carbocycles. The molecule has 2 aromatic heterocycles. The number of hydrogen-bond acceptors (Lipinski definition) is 5. The van der Waals surface area contributed by atoms with E-state index in [4.69, 9.17) is 21.3 Å². The number of thiazole rings is 1. The van der Waals surface area contributed by atoms with Crippen LogP contribution in [0, 0.1) is 20.8 Å². The first-order chi connectivity index (χ1) is 15.4. The SMILES string of the molecule is COc1ccc(Cl)cc1NC(=O)Cc1c(C)nn(-c2nc(-c3ccc(C)cc3)cs2)c1C. The summed E-state index contributed by atoms with van der Waals surface area (Å²) in [4.78, 5) is 17.5. The van der Waals surface area contributed by atoms with Crippen LogP contribution in [0.5, 0.6) is 5.75 Å². The van der Waals surface area contributed by atoms with Crippen LogP contribution >= 0.6 is 22.9 Å². The molecule has 8 heteroatoms. The van der Waals surface area contributed by atoms with E-state index in [2.05, 4.69) is 41.6 Å². The minimum atomic E-state index is -0.171. The lowest BCUT2D eigenvalue weighted by atomic mass is 10.1. The molecule has 0 aliphatic carbocycles. The van der Waals surface area contributed by atoms with Crippen LogP contribution in [0.4, 0.5) is 5.69 Å². The van der Waals surface area contributed by atoms with E-state index in [9.17, 15) is 4.79 Å². The average molecular weight is 467 g/mol. The zero-order valence-corrected chi connectivity index (χ0v) is 19.8. The van der Waals surface area contributed by atoms with E-state index in [1.54, 1.807) is 30.0 Å². The number of rotatable bonds is 6. The third-order valence-corrected chi connectivity index (χ3v) is 6.29. The number of aryl methyl sites for hydroxylation is 2.